The van der Waals surface area contributed by atoms with Gasteiger partial charge in [0.1, 0.15) is 6.29 Å². The van der Waals surface area contributed by atoms with Crippen molar-refractivity contribution >= 4 is 12.3 Å². The number of likely N-dealkylation sites (tertiary alicyclic amines) is 2. The highest BCUT2D eigenvalue weighted by atomic mass is 16.6. The number of benzene rings is 1. The molecule has 2 amide bonds. The van der Waals surface area contributed by atoms with Crippen molar-refractivity contribution in [3.63, 3.8) is 0 Å². The van der Waals surface area contributed by atoms with Gasteiger partial charge >= 0.3 is 6.03 Å². The van der Waals surface area contributed by atoms with E-state index in [2.05, 4.69) is 68.4 Å². The van der Waals surface area contributed by atoms with Crippen LogP contribution in [0.4, 0.5) is 4.79 Å². The summed E-state index contributed by atoms with van der Waals surface area (Å²) in [6.07, 6.45) is 4.91. The van der Waals surface area contributed by atoms with Crippen LogP contribution in [0.3, 0.4) is 0 Å². The molecule has 168 valence electrons. The van der Waals surface area contributed by atoms with Gasteiger partial charge in [-0.15, -0.1) is 0 Å². The van der Waals surface area contributed by atoms with Gasteiger partial charge in [-0.25, -0.2) is 10.3 Å². The van der Waals surface area contributed by atoms with Gasteiger partial charge in [0.2, 0.25) is 0 Å². The van der Waals surface area contributed by atoms with Crippen molar-refractivity contribution in [2.45, 2.75) is 65.5 Å². The van der Waals surface area contributed by atoms with Gasteiger partial charge < -0.3 is 9.69 Å². The summed E-state index contributed by atoms with van der Waals surface area (Å²) in [6, 6.07) is 11.7. The number of amides is 2. The Morgan fingerprint density at radius 1 is 1.23 bits per heavy atom. The fourth-order valence-electron chi connectivity index (χ4n) is 4.51. The maximum atomic E-state index is 11.9. The zero-order chi connectivity index (χ0) is 22.1. The number of carbonyl (C=O) groups excluding carboxylic acids is 2. The number of hydrogen-bond donors (Lipinski definition) is 1. The summed E-state index contributed by atoms with van der Waals surface area (Å²) < 4.78 is 0. The largest absolute Gasteiger partial charge is 0.341 e. The molecule has 0 aliphatic carbocycles. The van der Waals surface area contributed by atoms with Crippen LogP contribution >= 0.6 is 0 Å². The third-order valence-corrected chi connectivity index (χ3v) is 6.62. The van der Waals surface area contributed by atoms with E-state index in [-0.39, 0.29) is 6.03 Å². The molecule has 2 aliphatic heterocycles. The third kappa shape index (κ3) is 5.82. The van der Waals surface area contributed by atoms with Crippen LogP contribution in [0.5, 0.6) is 0 Å². The van der Waals surface area contributed by atoms with E-state index < -0.39 is 0 Å². The first-order valence-corrected chi connectivity index (χ1v) is 11.2. The fourth-order valence-corrected chi connectivity index (χ4v) is 4.51. The van der Waals surface area contributed by atoms with Crippen molar-refractivity contribution in [1.29, 1.82) is 0 Å². The number of aldehydes is 1. The minimum absolute atomic E-state index is 0.126. The van der Waals surface area contributed by atoms with E-state index in [4.69, 9.17) is 4.84 Å². The predicted molar refractivity (Wildman–Crippen MR) is 120 cm³/mol. The van der Waals surface area contributed by atoms with Crippen molar-refractivity contribution in [3.8, 4) is 0 Å². The van der Waals surface area contributed by atoms with Gasteiger partial charge in [0, 0.05) is 43.6 Å². The molecule has 2 heterocycles. The van der Waals surface area contributed by atoms with Crippen molar-refractivity contribution in [1.82, 2.24) is 15.3 Å². The summed E-state index contributed by atoms with van der Waals surface area (Å²) in [7, 11) is 1.47. The first-order valence-electron chi connectivity index (χ1n) is 11.2. The standard InChI is InChI=1S/C18H27N3O2.C6H12O/c1-14(2)21-13-18(16(21)15-7-5-4-6-8-15)9-11-20(12-10-18)17(22)19-23-3;1-3-6(2)4-5-7/h4-8,14,16H,9-13H2,1-3H3,(H,19,22);5-6H,3-4H2,1-2H3. The summed E-state index contributed by atoms with van der Waals surface area (Å²) in [5.41, 5.74) is 4.13. The van der Waals surface area contributed by atoms with E-state index in [0.717, 1.165) is 51.6 Å². The van der Waals surface area contributed by atoms with Gasteiger partial charge in [-0.1, -0.05) is 50.6 Å². The number of urea groups is 1. The maximum Gasteiger partial charge on any atom is 0.341 e. The Morgan fingerprint density at radius 3 is 2.33 bits per heavy atom. The molecule has 2 atom stereocenters. The zero-order valence-electron chi connectivity index (χ0n) is 19.3. The average Bonchev–Trinajstić information content (AvgIpc) is 2.73. The van der Waals surface area contributed by atoms with Crippen LogP contribution in [0.15, 0.2) is 30.3 Å². The molecule has 30 heavy (non-hydrogen) atoms. The second kappa shape index (κ2) is 11.5. The lowest BCUT2D eigenvalue weighted by Crippen LogP contribution is -2.64. The SMILES string of the molecule is CCC(C)CC=O.CONC(=O)N1CCC2(CC1)CN(C(C)C)C2c1ccccc1. The van der Waals surface area contributed by atoms with Crippen LogP contribution in [0, 0.1) is 11.3 Å². The molecule has 3 rings (SSSR count). The molecule has 6 heteroatoms. The van der Waals surface area contributed by atoms with E-state index in [1.54, 1.807) is 0 Å². The van der Waals surface area contributed by atoms with Gasteiger partial charge in [0.25, 0.3) is 0 Å². The Hall–Kier alpha value is -1.92. The number of nitrogens with zero attached hydrogens (tertiary/aromatic N) is 2. The highest BCUT2D eigenvalue weighted by Crippen LogP contribution is 2.55. The van der Waals surface area contributed by atoms with Crippen molar-refractivity contribution < 1.29 is 14.4 Å². The molecule has 2 saturated heterocycles. The lowest BCUT2D eigenvalue weighted by Gasteiger charge is -2.62. The van der Waals surface area contributed by atoms with Gasteiger partial charge in [-0.3, -0.25) is 9.74 Å². The second-order valence-corrected chi connectivity index (χ2v) is 8.96. The van der Waals surface area contributed by atoms with E-state index >= 15 is 0 Å². The minimum Gasteiger partial charge on any atom is -0.323 e. The van der Waals surface area contributed by atoms with Crippen molar-refractivity contribution in [3.05, 3.63) is 35.9 Å². The molecular formula is C24H39N3O3. The molecule has 2 fully saturated rings. The minimum atomic E-state index is -0.126. The van der Waals surface area contributed by atoms with E-state index in [1.165, 1.54) is 12.7 Å². The molecule has 1 aromatic carbocycles. The summed E-state index contributed by atoms with van der Waals surface area (Å²) in [5.74, 6) is 0.581. The number of rotatable bonds is 6. The number of nitrogens with one attached hydrogen (secondary N) is 1. The quantitative estimate of drug-likeness (QED) is 0.550. The van der Waals surface area contributed by atoms with Crippen LogP contribution in [0.1, 0.15) is 65.0 Å². The summed E-state index contributed by atoms with van der Waals surface area (Å²) in [6.45, 7) is 11.4. The van der Waals surface area contributed by atoms with Crippen molar-refractivity contribution in [2.24, 2.45) is 11.3 Å². The predicted octanol–water partition coefficient (Wildman–Crippen LogP) is 4.43. The topological polar surface area (TPSA) is 61.9 Å². The molecule has 0 aromatic heterocycles. The Balaban J connectivity index is 0.000000396. The Kier molecular flexibility index (Phi) is 9.31. The number of hydroxylamine groups is 1. The van der Waals surface area contributed by atoms with Crippen LogP contribution in [0.2, 0.25) is 0 Å². The van der Waals surface area contributed by atoms with Gasteiger partial charge in [0.05, 0.1) is 7.11 Å². The van der Waals surface area contributed by atoms with Crippen LogP contribution in [-0.2, 0) is 9.63 Å². The molecule has 1 N–H and O–H groups in total. The monoisotopic (exact) mass is 417 g/mol. The second-order valence-electron chi connectivity index (χ2n) is 8.96. The average molecular weight is 418 g/mol. The zero-order valence-corrected chi connectivity index (χ0v) is 19.3. The molecule has 6 nitrogen and oxygen atoms in total. The molecule has 2 aliphatic rings. The van der Waals surface area contributed by atoms with Crippen LogP contribution in [-0.4, -0.2) is 54.9 Å². The molecule has 0 saturated carbocycles. The van der Waals surface area contributed by atoms with Gasteiger partial charge in [0.15, 0.2) is 0 Å². The molecule has 0 radical (unpaired) electrons. The lowest BCUT2D eigenvalue weighted by atomic mass is 9.62. The third-order valence-electron chi connectivity index (χ3n) is 6.62. The molecule has 1 spiro atoms. The molecule has 0 bridgehead atoms. The molecular weight excluding hydrogens is 378 g/mol. The molecule has 1 aromatic rings. The van der Waals surface area contributed by atoms with E-state index in [1.807, 2.05) is 4.90 Å². The summed E-state index contributed by atoms with van der Waals surface area (Å²) in [4.78, 5) is 30.9. The van der Waals surface area contributed by atoms with Gasteiger partial charge in [-0.05, 0) is 38.2 Å². The normalized spacial score (nSPS) is 21.4. The Morgan fingerprint density at radius 2 is 1.87 bits per heavy atom. The van der Waals surface area contributed by atoms with Crippen LogP contribution in [0.25, 0.3) is 0 Å². The van der Waals surface area contributed by atoms with E-state index in [9.17, 15) is 9.59 Å². The highest BCUT2D eigenvalue weighted by Gasteiger charge is 2.54. The number of piperidine rings is 1. The van der Waals surface area contributed by atoms with E-state index in [0.29, 0.717) is 23.4 Å². The maximum absolute atomic E-state index is 11.9. The highest BCUT2D eigenvalue weighted by molar-refractivity contribution is 5.73. The Labute approximate surface area is 181 Å². The summed E-state index contributed by atoms with van der Waals surface area (Å²) >= 11 is 0. The lowest BCUT2D eigenvalue weighted by molar-refractivity contribution is -0.124. The molecule has 2 unspecified atom stereocenters. The fraction of sp³-hybridized carbons (Fsp3) is 0.667. The van der Waals surface area contributed by atoms with Crippen molar-refractivity contribution in [2.75, 3.05) is 26.7 Å². The first kappa shape index (κ1) is 24.4. The first-order chi connectivity index (χ1) is 14.4. The van der Waals surface area contributed by atoms with Crippen LogP contribution < -0.4 is 5.48 Å². The number of carbonyl (C=O) groups is 2. The van der Waals surface area contributed by atoms with Gasteiger partial charge in [-0.2, -0.15) is 0 Å². The summed E-state index contributed by atoms with van der Waals surface area (Å²) in [5, 5.41) is 0. The number of hydrogen-bond acceptors (Lipinski definition) is 4. The smallest absolute Gasteiger partial charge is 0.323 e. The Bertz CT molecular complexity index is 657.